The van der Waals surface area contributed by atoms with Gasteiger partial charge in [-0.3, -0.25) is 0 Å². The highest BCUT2D eigenvalue weighted by Gasteiger charge is 2.11. The summed E-state index contributed by atoms with van der Waals surface area (Å²) in [6, 6.07) is 4.74. The quantitative estimate of drug-likeness (QED) is 0.880. The Balaban J connectivity index is 2.01. The summed E-state index contributed by atoms with van der Waals surface area (Å²) < 4.78 is 24.3. The molecule has 5 nitrogen and oxygen atoms in total. The maximum atomic E-state index is 13.9. The van der Waals surface area contributed by atoms with Crippen molar-refractivity contribution in [2.75, 3.05) is 7.05 Å². The fraction of sp³-hybridized carbons (Fsp3) is 0.429. The number of hydrogen-bond donors (Lipinski definition) is 1. The number of halogens is 1. The molecule has 0 saturated heterocycles. The molecule has 1 aromatic heterocycles. The topological polar surface area (TPSA) is 60.2 Å². The third kappa shape index (κ3) is 3.33. The molecule has 20 heavy (non-hydrogen) atoms. The molecule has 0 aliphatic carbocycles. The van der Waals surface area contributed by atoms with Crippen molar-refractivity contribution in [1.82, 2.24) is 15.5 Å². The standard InChI is InChI=1S/C14H18FN3O2/c1-4-13-17-14(20-18-13)8-19-10-5-6-11(9(2)16-3)12(15)7-10/h5-7,9,16H,4,8H2,1-3H3. The Morgan fingerprint density at radius 2 is 2.25 bits per heavy atom. The lowest BCUT2D eigenvalue weighted by Gasteiger charge is -2.12. The summed E-state index contributed by atoms with van der Waals surface area (Å²) in [5.41, 5.74) is 0.603. The van der Waals surface area contributed by atoms with Crippen LogP contribution in [0.4, 0.5) is 4.39 Å². The van der Waals surface area contributed by atoms with Gasteiger partial charge in [-0.05, 0) is 20.0 Å². The molecule has 0 aliphatic rings. The van der Waals surface area contributed by atoms with Crippen LogP contribution in [0.3, 0.4) is 0 Å². The Morgan fingerprint density at radius 3 is 2.85 bits per heavy atom. The third-order valence-corrected chi connectivity index (χ3v) is 3.06. The van der Waals surface area contributed by atoms with E-state index in [-0.39, 0.29) is 18.5 Å². The smallest absolute Gasteiger partial charge is 0.264 e. The van der Waals surface area contributed by atoms with Gasteiger partial charge in [-0.25, -0.2) is 4.39 Å². The first-order valence-electron chi connectivity index (χ1n) is 6.55. The number of benzene rings is 1. The van der Waals surface area contributed by atoms with E-state index in [1.807, 2.05) is 13.8 Å². The van der Waals surface area contributed by atoms with Crippen LogP contribution in [0, 0.1) is 5.82 Å². The minimum absolute atomic E-state index is 0.0490. The fourth-order valence-corrected chi connectivity index (χ4v) is 1.74. The van der Waals surface area contributed by atoms with Crippen LogP contribution in [0.2, 0.25) is 0 Å². The minimum Gasteiger partial charge on any atom is -0.484 e. The van der Waals surface area contributed by atoms with Crippen molar-refractivity contribution < 1.29 is 13.7 Å². The molecule has 1 N–H and O–H groups in total. The molecule has 1 atom stereocenters. The van der Waals surface area contributed by atoms with E-state index in [1.54, 1.807) is 19.2 Å². The van der Waals surface area contributed by atoms with Gasteiger partial charge in [-0.1, -0.05) is 18.1 Å². The summed E-state index contributed by atoms with van der Waals surface area (Å²) in [5.74, 6) is 1.15. The zero-order valence-corrected chi connectivity index (χ0v) is 11.8. The Hall–Kier alpha value is -1.95. The van der Waals surface area contributed by atoms with E-state index in [4.69, 9.17) is 9.26 Å². The molecular formula is C14H18FN3O2. The normalized spacial score (nSPS) is 12.4. The lowest BCUT2D eigenvalue weighted by atomic mass is 10.1. The van der Waals surface area contributed by atoms with E-state index in [0.29, 0.717) is 29.4 Å². The van der Waals surface area contributed by atoms with Gasteiger partial charge in [0, 0.05) is 24.1 Å². The number of nitrogens with one attached hydrogen (secondary N) is 1. The van der Waals surface area contributed by atoms with Crippen molar-refractivity contribution in [2.45, 2.75) is 32.9 Å². The van der Waals surface area contributed by atoms with Gasteiger partial charge in [0.25, 0.3) is 5.89 Å². The Labute approximate surface area is 117 Å². The average Bonchev–Trinajstić information content (AvgIpc) is 2.92. The lowest BCUT2D eigenvalue weighted by Crippen LogP contribution is -2.13. The molecule has 1 aromatic carbocycles. The lowest BCUT2D eigenvalue weighted by molar-refractivity contribution is 0.241. The van der Waals surface area contributed by atoms with Crippen molar-refractivity contribution in [3.63, 3.8) is 0 Å². The highest BCUT2D eigenvalue weighted by atomic mass is 19.1. The Kier molecular flexibility index (Phi) is 4.68. The highest BCUT2D eigenvalue weighted by molar-refractivity contribution is 5.30. The molecule has 108 valence electrons. The number of hydrogen-bond acceptors (Lipinski definition) is 5. The van der Waals surface area contributed by atoms with Crippen molar-refractivity contribution in [3.8, 4) is 5.75 Å². The van der Waals surface area contributed by atoms with E-state index in [1.165, 1.54) is 6.07 Å². The second-order valence-electron chi connectivity index (χ2n) is 4.44. The van der Waals surface area contributed by atoms with Gasteiger partial charge in [0.1, 0.15) is 11.6 Å². The maximum absolute atomic E-state index is 13.9. The van der Waals surface area contributed by atoms with Crippen LogP contribution in [0.1, 0.15) is 37.2 Å². The first kappa shape index (κ1) is 14.5. The molecular weight excluding hydrogens is 261 g/mol. The molecule has 0 saturated carbocycles. The summed E-state index contributed by atoms with van der Waals surface area (Å²) >= 11 is 0. The second kappa shape index (κ2) is 6.47. The summed E-state index contributed by atoms with van der Waals surface area (Å²) in [7, 11) is 1.79. The summed E-state index contributed by atoms with van der Waals surface area (Å²) in [4.78, 5) is 4.12. The predicted octanol–water partition coefficient (Wildman–Crippen LogP) is 2.63. The van der Waals surface area contributed by atoms with Gasteiger partial charge in [0.15, 0.2) is 12.4 Å². The van der Waals surface area contributed by atoms with Gasteiger partial charge in [-0.2, -0.15) is 4.98 Å². The van der Waals surface area contributed by atoms with Crippen LogP contribution >= 0.6 is 0 Å². The molecule has 2 aromatic rings. The number of rotatable bonds is 6. The van der Waals surface area contributed by atoms with Crippen LogP contribution in [0.25, 0.3) is 0 Å². The molecule has 6 heteroatoms. The number of ether oxygens (including phenoxy) is 1. The highest BCUT2D eigenvalue weighted by Crippen LogP contribution is 2.22. The van der Waals surface area contributed by atoms with Crippen LogP contribution in [-0.2, 0) is 13.0 Å². The molecule has 1 unspecified atom stereocenters. The van der Waals surface area contributed by atoms with Crippen LogP contribution in [0.15, 0.2) is 22.7 Å². The minimum atomic E-state index is -0.302. The maximum Gasteiger partial charge on any atom is 0.264 e. The molecule has 0 radical (unpaired) electrons. The summed E-state index contributed by atoms with van der Waals surface area (Å²) in [6.07, 6.45) is 0.703. The number of aryl methyl sites for hydroxylation is 1. The van der Waals surface area contributed by atoms with Crippen LogP contribution in [-0.4, -0.2) is 17.2 Å². The zero-order chi connectivity index (χ0) is 14.5. The van der Waals surface area contributed by atoms with Gasteiger partial charge in [-0.15, -0.1) is 0 Å². The first-order chi connectivity index (χ1) is 9.63. The summed E-state index contributed by atoms with van der Waals surface area (Å²) in [5, 5.41) is 6.76. The monoisotopic (exact) mass is 279 g/mol. The van der Waals surface area contributed by atoms with Crippen molar-refractivity contribution in [2.24, 2.45) is 0 Å². The van der Waals surface area contributed by atoms with E-state index in [0.717, 1.165) is 0 Å². The molecule has 2 rings (SSSR count). The SMILES string of the molecule is CCc1noc(COc2ccc(C(C)NC)c(F)c2)n1. The number of aromatic nitrogens is 2. The fourth-order valence-electron chi connectivity index (χ4n) is 1.74. The van der Waals surface area contributed by atoms with Crippen molar-refractivity contribution >= 4 is 0 Å². The predicted molar refractivity (Wildman–Crippen MR) is 71.9 cm³/mol. The molecule has 0 bridgehead atoms. The van der Waals surface area contributed by atoms with E-state index in [2.05, 4.69) is 15.5 Å². The third-order valence-electron chi connectivity index (χ3n) is 3.06. The van der Waals surface area contributed by atoms with Gasteiger partial charge in [0.2, 0.25) is 0 Å². The number of nitrogens with zero attached hydrogens (tertiary/aromatic N) is 2. The second-order valence-corrected chi connectivity index (χ2v) is 4.44. The first-order valence-corrected chi connectivity index (χ1v) is 6.55. The molecule has 1 heterocycles. The Morgan fingerprint density at radius 1 is 1.45 bits per heavy atom. The summed E-state index contributed by atoms with van der Waals surface area (Å²) in [6.45, 7) is 3.96. The van der Waals surface area contributed by atoms with E-state index in [9.17, 15) is 4.39 Å². The molecule has 0 spiro atoms. The van der Waals surface area contributed by atoms with Gasteiger partial charge >= 0.3 is 0 Å². The van der Waals surface area contributed by atoms with Gasteiger partial charge in [0.05, 0.1) is 0 Å². The van der Waals surface area contributed by atoms with E-state index >= 15 is 0 Å². The average molecular weight is 279 g/mol. The largest absolute Gasteiger partial charge is 0.484 e. The molecule has 0 amide bonds. The van der Waals surface area contributed by atoms with Crippen molar-refractivity contribution in [3.05, 3.63) is 41.3 Å². The Bertz CT molecular complexity index is 571. The van der Waals surface area contributed by atoms with Crippen LogP contribution < -0.4 is 10.1 Å². The van der Waals surface area contributed by atoms with Crippen molar-refractivity contribution in [1.29, 1.82) is 0 Å². The molecule has 0 fully saturated rings. The zero-order valence-electron chi connectivity index (χ0n) is 11.8. The van der Waals surface area contributed by atoms with Gasteiger partial charge < -0.3 is 14.6 Å². The van der Waals surface area contributed by atoms with Crippen LogP contribution in [0.5, 0.6) is 5.75 Å². The molecule has 0 aliphatic heterocycles. The van der Waals surface area contributed by atoms with E-state index < -0.39 is 0 Å².